The molecule has 4 heteroatoms. The SMILES string of the molecule is CNc1ncnc(C)c1I. The fourth-order valence-electron chi connectivity index (χ4n) is 0.632. The first-order valence-corrected chi connectivity index (χ1v) is 3.98. The summed E-state index contributed by atoms with van der Waals surface area (Å²) in [5.41, 5.74) is 1.01. The summed E-state index contributed by atoms with van der Waals surface area (Å²) in [7, 11) is 1.85. The summed E-state index contributed by atoms with van der Waals surface area (Å²) in [5.74, 6) is 0.896. The minimum Gasteiger partial charge on any atom is -0.372 e. The van der Waals surface area contributed by atoms with Crippen LogP contribution in [0.4, 0.5) is 5.82 Å². The van der Waals surface area contributed by atoms with E-state index in [1.165, 1.54) is 0 Å². The minimum absolute atomic E-state index is 0.896. The van der Waals surface area contributed by atoms with Gasteiger partial charge in [0.1, 0.15) is 12.1 Å². The maximum Gasteiger partial charge on any atom is 0.142 e. The molecule has 0 aliphatic carbocycles. The van der Waals surface area contributed by atoms with Gasteiger partial charge in [0, 0.05) is 7.05 Å². The molecule has 0 aromatic carbocycles. The van der Waals surface area contributed by atoms with Crippen LogP contribution >= 0.6 is 22.6 Å². The molecule has 0 atom stereocenters. The number of nitrogens with one attached hydrogen (secondary N) is 1. The van der Waals surface area contributed by atoms with E-state index in [4.69, 9.17) is 0 Å². The molecule has 1 aromatic heterocycles. The highest BCUT2D eigenvalue weighted by molar-refractivity contribution is 14.1. The summed E-state index contributed by atoms with van der Waals surface area (Å²) in [6.45, 7) is 1.96. The van der Waals surface area contributed by atoms with Crippen LogP contribution < -0.4 is 5.32 Å². The Morgan fingerprint density at radius 2 is 2.20 bits per heavy atom. The number of aromatic nitrogens is 2. The Morgan fingerprint density at radius 3 is 2.70 bits per heavy atom. The number of aryl methyl sites for hydroxylation is 1. The molecule has 0 radical (unpaired) electrons. The smallest absolute Gasteiger partial charge is 0.142 e. The first-order valence-electron chi connectivity index (χ1n) is 2.90. The Balaban J connectivity index is 3.14. The highest BCUT2D eigenvalue weighted by atomic mass is 127. The first kappa shape index (κ1) is 7.71. The molecule has 0 aliphatic rings. The van der Waals surface area contributed by atoms with E-state index in [0.29, 0.717) is 0 Å². The monoisotopic (exact) mass is 249 g/mol. The van der Waals surface area contributed by atoms with E-state index in [1.54, 1.807) is 6.33 Å². The lowest BCUT2D eigenvalue weighted by atomic mass is 10.4. The third-order valence-electron chi connectivity index (χ3n) is 1.20. The average molecular weight is 249 g/mol. The third-order valence-corrected chi connectivity index (χ3v) is 2.49. The van der Waals surface area contributed by atoms with Gasteiger partial charge in [0.2, 0.25) is 0 Å². The van der Waals surface area contributed by atoms with Crippen molar-refractivity contribution in [2.24, 2.45) is 0 Å². The quantitative estimate of drug-likeness (QED) is 0.765. The molecule has 0 saturated carbocycles. The van der Waals surface area contributed by atoms with Crippen molar-refractivity contribution in [1.82, 2.24) is 9.97 Å². The van der Waals surface area contributed by atoms with Crippen molar-refractivity contribution in [3.05, 3.63) is 15.6 Å². The van der Waals surface area contributed by atoms with E-state index < -0.39 is 0 Å². The van der Waals surface area contributed by atoms with Gasteiger partial charge in [0.05, 0.1) is 9.26 Å². The predicted molar refractivity (Wildman–Crippen MR) is 49.0 cm³/mol. The van der Waals surface area contributed by atoms with Gasteiger partial charge in [-0.1, -0.05) is 0 Å². The molecule has 0 bridgehead atoms. The zero-order chi connectivity index (χ0) is 7.56. The van der Waals surface area contributed by atoms with Crippen molar-refractivity contribution in [2.45, 2.75) is 6.92 Å². The maximum absolute atomic E-state index is 4.03. The van der Waals surface area contributed by atoms with E-state index in [2.05, 4.69) is 37.9 Å². The van der Waals surface area contributed by atoms with Crippen LogP contribution in [0.25, 0.3) is 0 Å². The molecule has 3 nitrogen and oxygen atoms in total. The summed E-state index contributed by atoms with van der Waals surface area (Å²) in [6, 6.07) is 0. The lowest BCUT2D eigenvalue weighted by molar-refractivity contribution is 1.08. The van der Waals surface area contributed by atoms with Crippen LogP contribution in [0.5, 0.6) is 0 Å². The Labute approximate surface area is 73.4 Å². The van der Waals surface area contributed by atoms with Crippen molar-refractivity contribution < 1.29 is 0 Å². The van der Waals surface area contributed by atoms with Gasteiger partial charge in [-0.3, -0.25) is 0 Å². The van der Waals surface area contributed by atoms with Crippen LogP contribution in [0.1, 0.15) is 5.69 Å². The van der Waals surface area contributed by atoms with Gasteiger partial charge >= 0.3 is 0 Å². The van der Waals surface area contributed by atoms with Crippen LogP contribution in [-0.4, -0.2) is 17.0 Å². The lowest BCUT2D eigenvalue weighted by Gasteiger charge is -2.02. The largest absolute Gasteiger partial charge is 0.372 e. The predicted octanol–water partition coefficient (Wildman–Crippen LogP) is 1.43. The second-order valence-corrected chi connectivity index (χ2v) is 2.95. The number of hydrogen-bond acceptors (Lipinski definition) is 3. The normalized spacial score (nSPS) is 9.50. The molecule has 0 fully saturated rings. The molecule has 0 spiro atoms. The second kappa shape index (κ2) is 3.14. The first-order chi connectivity index (χ1) is 4.75. The third kappa shape index (κ3) is 1.36. The van der Waals surface area contributed by atoms with E-state index in [-0.39, 0.29) is 0 Å². The van der Waals surface area contributed by atoms with Crippen molar-refractivity contribution in [3.63, 3.8) is 0 Å². The van der Waals surface area contributed by atoms with Crippen molar-refractivity contribution >= 4 is 28.4 Å². The van der Waals surface area contributed by atoms with E-state index in [9.17, 15) is 0 Å². The fourth-order valence-corrected chi connectivity index (χ4v) is 1.18. The average Bonchev–Trinajstić information content (AvgIpc) is 1.95. The van der Waals surface area contributed by atoms with Gasteiger partial charge in [-0.15, -0.1) is 0 Å². The van der Waals surface area contributed by atoms with Crippen LogP contribution in [0.15, 0.2) is 6.33 Å². The zero-order valence-corrected chi connectivity index (χ0v) is 8.01. The van der Waals surface area contributed by atoms with Gasteiger partial charge in [-0.2, -0.15) is 0 Å². The highest BCUT2D eigenvalue weighted by Crippen LogP contribution is 2.15. The summed E-state index contributed by atoms with van der Waals surface area (Å²) in [4.78, 5) is 8.06. The zero-order valence-electron chi connectivity index (χ0n) is 5.85. The van der Waals surface area contributed by atoms with Crippen LogP contribution in [0.3, 0.4) is 0 Å². The molecule has 0 aliphatic heterocycles. The molecule has 0 saturated heterocycles. The topological polar surface area (TPSA) is 37.8 Å². The number of nitrogens with zero attached hydrogens (tertiary/aromatic N) is 2. The van der Waals surface area contributed by atoms with Crippen LogP contribution in [0.2, 0.25) is 0 Å². The van der Waals surface area contributed by atoms with Gasteiger partial charge in [-0.25, -0.2) is 9.97 Å². The number of anilines is 1. The fraction of sp³-hybridized carbons (Fsp3) is 0.333. The number of rotatable bonds is 1. The van der Waals surface area contributed by atoms with Gasteiger partial charge in [-0.05, 0) is 29.5 Å². The van der Waals surface area contributed by atoms with Crippen molar-refractivity contribution in [3.8, 4) is 0 Å². The van der Waals surface area contributed by atoms with Crippen molar-refractivity contribution in [2.75, 3.05) is 12.4 Å². The summed E-state index contributed by atoms with van der Waals surface area (Å²) >= 11 is 2.22. The molecular weight excluding hydrogens is 241 g/mol. The molecular formula is C6H8IN3. The summed E-state index contributed by atoms with van der Waals surface area (Å²) in [6.07, 6.45) is 1.56. The number of halogens is 1. The molecule has 1 N–H and O–H groups in total. The Kier molecular flexibility index (Phi) is 2.42. The molecule has 0 amide bonds. The van der Waals surface area contributed by atoms with E-state index in [1.807, 2.05) is 14.0 Å². The second-order valence-electron chi connectivity index (χ2n) is 1.87. The van der Waals surface area contributed by atoms with Crippen molar-refractivity contribution in [1.29, 1.82) is 0 Å². The summed E-state index contributed by atoms with van der Waals surface area (Å²) in [5, 5.41) is 2.98. The molecule has 1 heterocycles. The van der Waals surface area contributed by atoms with Gasteiger partial charge in [0.15, 0.2) is 0 Å². The standard InChI is InChI=1S/C6H8IN3/c1-4-5(7)6(8-2)10-3-9-4/h3H,1-2H3,(H,8,9,10). The number of hydrogen-bond donors (Lipinski definition) is 1. The Bertz CT molecular complexity index is 236. The Hall–Kier alpha value is -0.390. The molecule has 10 heavy (non-hydrogen) atoms. The molecule has 54 valence electrons. The summed E-state index contributed by atoms with van der Waals surface area (Å²) < 4.78 is 1.09. The van der Waals surface area contributed by atoms with Crippen LogP contribution in [0, 0.1) is 10.5 Å². The molecule has 0 unspecified atom stereocenters. The molecule has 1 rings (SSSR count). The lowest BCUT2D eigenvalue weighted by Crippen LogP contribution is -1.98. The van der Waals surface area contributed by atoms with E-state index in [0.717, 1.165) is 15.1 Å². The Morgan fingerprint density at radius 1 is 1.50 bits per heavy atom. The van der Waals surface area contributed by atoms with E-state index >= 15 is 0 Å². The maximum atomic E-state index is 4.03. The van der Waals surface area contributed by atoms with Gasteiger partial charge in [0.25, 0.3) is 0 Å². The highest BCUT2D eigenvalue weighted by Gasteiger charge is 2.00. The van der Waals surface area contributed by atoms with Gasteiger partial charge < -0.3 is 5.32 Å². The molecule has 1 aromatic rings. The minimum atomic E-state index is 0.896. The van der Waals surface area contributed by atoms with Crippen LogP contribution in [-0.2, 0) is 0 Å².